The molecule has 0 saturated heterocycles. The van der Waals surface area contributed by atoms with E-state index in [0.717, 1.165) is 4.47 Å². The lowest BCUT2D eigenvalue weighted by Crippen LogP contribution is -2.30. The van der Waals surface area contributed by atoms with Crippen LogP contribution in [-0.4, -0.2) is 27.0 Å². The summed E-state index contributed by atoms with van der Waals surface area (Å²) in [4.78, 5) is 12.2. The number of hydrogen-bond donors (Lipinski definition) is 2. The smallest absolute Gasteiger partial charge is 0.262 e. The first-order valence-corrected chi connectivity index (χ1v) is 10.3. The molecule has 140 valence electrons. The standard InChI is InChI=1S/C18H21BrN2O4S/c1-12(2)21-26(23,24)16-7-8-17(13(3)9-16)25-11-18(22)20-15-6-4-5-14(19)10-15/h4-10,12,21H,11H2,1-3H3,(H,20,22). The van der Waals surface area contributed by atoms with Crippen LogP contribution in [-0.2, 0) is 14.8 Å². The molecule has 1 amide bonds. The van der Waals surface area contributed by atoms with Gasteiger partial charge in [-0.25, -0.2) is 13.1 Å². The predicted molar refractivity (Wildman–Crippen MR) is 105 cm³/mol. The molecule has 0 aliphatic carbocycles. The van der Waals surface area contributed by atoms with Gasteiger partial charge in [-0.15, -0.1) is 0 Å². The van der Waals surface area contributed by atoms with Gasteiger partial charge in [-0.1, -0.05) is 22.0 Å². The SMILES string of the molecule is Cc1cc(S(=O)(=O)NC(C)C)ccc1OCC(=O)Nc1cccc(Br)c1. The minimum Gasteiger partial charge on any atom is -0.483 e. The molecule has 0 atom stereocenters. The van der Waals surface area contributed by atoms with Crippen molar-refractivity contribution in [3.63, 3.8) is 0 Å². The van der Waals surface area contributed by atoms with Crippen molar-refractivity contribution >= 4 is 37.5 Å². The maximum Gasteiger partial charge on any atom is 0.262 e. The van der Waals surface area contributed by atoms with Crippen LogP contribution in [0.15, 0.2) is 51.8 Å². The number of halogens is 1. The van der Waals surface area contributed by atoms with Gasteiger partial charge in [0, 0.05) is 16.2 Å². The van der Waals surface area contributed by atoms with Gasteiger partial charge in [0.1, 0.15) is 5.75 Å². The number of ether oxygens (including phenoxy) is 1. The molecule has 0 spiro atoms. The minimum atomic E-state index is -3.56. The monoisotopic (exact) mass is 440 g/mol. The molecule has 2 rings (SSSR count). The van der Waals surface area contributed by atoms with Crippen LogP contribution in [0.2, 0.25) is 0 Å². The topological polar surface area (TPSA) is 84.5 Å². The zero-order valence-electron chi connectivity index (χ0n) is 14.7. The molecule has 2 N–H and O–H groups in total. The van der Waals surface area contributed by atoms with Crippen molar-refractivity contribution in [3.05, 3.63) is 52.5 Å². The first-order chi connectivity index (χ1) is 12.2. The zero-order valence-corrected chi connectivity index (χ0v) is 17.1. The first kappa shape index (κ1) is 20.4. The highest BCUT2D eigenvalue weighted by Crippen LogP contribution is 2.22. The van der Waals surface area contributed by atoms with Crippen LogP contribution in [0.5, 0.6) is 5.75 Å². The third-order valence-corrected chi connectivity index (χ3v) is 5.46. The second-order valence-electron chi connectivity index (χ2n) is 6.05. The lowest BCUT2D eigenvalue weighted by Gasteiger charge is -2.13. The van der Waals surface area contributed by atoms with Gasteiger partial charge in [0.2, 0.25) is 10.0 Å². The van der Waals surface area contributed by atoms with Gasteiger partial charge in [0.15, 0.2) is 6.61 Å². The lowest BCUT2D eigenvalue weighted by atomic mass is 10.2. The van der Waals surface area contributed by atoms with Crippen LogP contribution in [0.4, 0.5) is 5.69 Å². The van der Waals surface area contributed by atoms with E-state index in [1.54, 1.807) is 39.0 Å². The number of carbonyl (C=O) groups excluding carboxylic acids is 1. The Balaban J connectivity index is 2.01. The molecule has 2 aromatic carbocycles. The minimum absolute atomic E-state index is 0.162. The number of rotatable bonds is 7. The van der Waals surface area contributed by atoms with Gasteiger partial charge in [0.05, 0.1) is 4.90 Å². The number of nitrogens with one attached hydrogen (secondary N) is 2. The number of anilines is 1. The fourth-order valence-electron chi connectivity index (χ4n) is 2.24. The summed E-state index contributed by atoms with van der Waals surface area (Å²) in [6.07, 6.45) is 0. The normalized spacial score (nSPS) is 11.4. The summed E-state index contributed by atoms with van der Waals surface area (Å²) in [6, 6.07) is 11.6. The van der Waals surface area contributed by atoms with E-state index in [9.17, 15) is 13.2 Å². The molecule has 0 heterocycles. The van der Waals surface area contributed by atoms with E-state index in [0.29, 0.717) is 17.0 Å². The first-order valence-electron chi connectivity index (χ1n) is 7.98. The van der Waals surface area contributed by atoms with E-state index in [1.807, 2.05) is 12.1 Å². The molecule has 0 aliphatic rings. The van der Waals surface area contributed by atoms with E-state index >= 15 is 0 Å². The quantitative estimate of drug-likeness (QED) is 0.690. The summed E-state index contributed by atoms with van der Waals surface area (Å²) in [6.45, 7) is 5.07. The van der Waals surface area contributed by atoms with Crippen LogP contribution in [0.25, 0.3) is 0 Å². The van der Waals surface area contributed by atoms with Gasteiger partial charge < -0.3 is 10.1 Å². The molecule has 2 aromatic rings. The number of benzene rings is 2. The van der Waals surface area contributed by atoms with Gasteiger partial charge in [-0.05, 0) is 62.7 Å². The highest BCUT2D eigenvalue weighted by atomic mass is 79.9. The second-order valence-corrected chi connectivity index (χ2v) is 8.68. The molecule has 6 nitrogen and oxygen atoms in total. The predicted octanol–water partition coefficient (Wildman–Crippen LogP) is 3.46. The Morgan fingerprint density at radius 1 is 1.19 bits per heavy atom. The summed E-state index contributed by atoms with van der Waals surface area (Å²) in [5.41, 5.74) is 1.29. The van der Waals surface area contributed by atoms with Crippen LogP contribution in [0.1, 0.15) is 19.4 Å². The molecule has 0 aliphatic heterocycles. The molecule has 0 unspecified atom stereocenters. The van der Waals surface area contributed by atoms with E-state index < -0.39 is 10.0 Å². The van der Waals surface area contributed by atoms with Crippen molar-refractivity contribution in [2.24, 2.45) is 0 Å². The zero-order chi connectivity index (χ0) is 19.3. The van der Waals surface area contributed by atoms with E-state index in [2.05, 4.69) is 26.0 Å². The van der Waals surface area contributed by atoms with Crippen LogP contribution < -0.4 is 14.8 Å². The molecule has 0 aromatic heterocycles. The Labute approximate surface area is 162 Å². The Morgan fingerprint density at radius 2 is 1.92 bits per heavy atom. The summed E-state index contributed by atoms with van der Waals surface area (Å²) in [5.74, 6) is 0.151. The molecule has 0 bridgehead atoms. The number of carbonyl (C=O) groups is 1. The highest BCUT2D eigenvalue weighted by molar-refractivity contribution is 9.10. The van der Waals surface area contributed by atoms with Crippen molar-refractivity contribution in [2.45, 2.75) is 31.7 Å². The maximum atomic E-state index is 12.2. The Morgan fingerprint density at radius 3 is 2.54 bits per heavy atom. The van der Waals surface area contributed by atoms with Gasteiger partial charge >= 0.3 is 0 Å². The van der Waals surface area contributed by atoms with Crippen molar-refractivity contribution in [2.75, 3.05) is 11.9 Å². The van der Waals surface area contributed by atoms with Gasteiger partial charge in [-0.3, -0.25) is 4.79 Å². The van der Waals surface area contributed by atoms with E-state index in [-0.39, 0.29) is 23.5 Å². The molecule has 0 radical (unpaired) electrons. The van der Waals surface area contributed by atoms with Gasteiger partial charge in [-0.2, -0.15) is 0 Å². The van der Waals surface area contributed by atoms with Crippen molar-refractivity contribution in [1.82, 2.24) is 4.72 Å². The number of sulfonamides is 1. The molecule has 0 fully saturated rings. The number of hydrogen-bond acceptors (Lipinski definition) is 4. The third kappa shape index (κ3) is 5.82. The maximum absolute atomic E-state index is 12.2. The molecular weight excluding hydrogens is 420 g/mol. The Hall–Kier alpha value is -1.90. The van der Waals surface area contributed by atoms with Crippen LogP contribution >= 0.6 is 15.9 Å². The fraction of sp³-hybridized carbons (Fsp3) is 0.278. The Bertz CT molecular complexity index is 898. The average Bonchev–Trinajstić information content (AvgIpc) is 2.52. The molecule has 0 saturated carbocycles. The fourth-order valence-corrected chi connectivity index (χ4v) is 3.97. The van der Waals surface area contributed by atoms with Crippen molar-refractivity contribution in [3.8, 4) is 5.75 Å². The van der Waals surface area contributed by atoms with Crippen LogP contribution in [0, 0.1) is 6.92 Å². The summed E-state index contributed by atoms with van der Waals surface area (Å²) in [7, 11) is -3.56. The number of amides is 1. The van der Waals surface area contributed by atoms with E-state index in [1.165, 1.54) is 12.1 Å². The largest absolute Gasteiger partial charge is 0.483 e. The molecule has 8 heteroatoms. The third-order valence-electron chi connectivity index (χ3n) is 3.31. The second kappa shape index (κ2) is 8.66. The van der Waals surface area contributed by atoms with Crippen molar-refractivity contribution in [1.29, 1.82) is 0 Å². The summed E-state index contributed by atoms with van der Waals surface area (Å²) >= 11 is 3.34. The van der Waals surface area contributed by atoms with E-state index in [4.69, 9.17) is 4.74 Å². The van der Waals surface area contributed by atoms with Crippen LogP contribution in [0.3, 0.4) is 0 Å². The molecule has 26 heavy (non-hydrogen) atoms. The number of aryl methyl sites for hydroxylation is 1. The van der Waals surface area contributed by atoms with Gasteiger partial charge in [0.25, 0.3) is 5.91 Å². The summed E-state index contributed by atoms with van der Waals surface area (Å²) < 4.78 is 33.3. The molecular formula is C18H21BrN2O4S. The average molecular weight is 441 g/mol. The van der Waals surface area contributed by atoms with Crippen molar-refractivity contribution < 1.29 is 17.9 Å². The summed E-state index contributed by atoms with van der Waals surface area (Å²) in [5, 5.41) is 2.73. The highest BCUT2D eigenvalue weighted by Gasteiger charge is 2.16. The Kier molecular flexibility index (Phi) is 6.80. The lowest BCUT2D eigenvalue weighted by molar-refractivity contribution is -0.118.